The lowest BCUT2D eigenvalue weighted by atomic mass is 9.88. The third-order valence-electron chi connectivity index (χ3n) is 5.56. The van der Waals surface area contributed by atoms with Crippen LogP contribution in [0.3, 0.4) is 0 Å². The molecule has 1 aliphatic heterocycles. The number of nitrogens with one attached hydrogen (secondary N) is 2. The first-order chi connectivity index (χ1) is 15.2. The van der Waals surface area contributed by atoms with E-state index in [1.165, 1.54) is 11.8 Å². The van der Waals surface area contributed by atoms with Crippen molar-refractivity contribution in [1.29, 1.82) is 0 Å². The van der Waals surface area contributed by atoms with E-state index in [4.69, 9.17) is 0 Å². The Bertz CT molecular complexity index is 883. The average Bonchev–Trinajstić information content (AvgIpc) is 3.20. The Hall–Kier alpha value is -2.56. The fourth-order valence-corrected chi connectivity index (χ4v) is 4.64. The molecule has 2 amide bonds. The van der Waals surface area contributed by atoms with Crippen LogP contribution in [0.2, 0.25) is 0 Å². The predicted octanol–water partition coefficient (Wildman–Crippen LogP) is 3.08. The summed E-state index contributed by atoms with van der Waals surface area (Å²) < 4.78 is 38.8. The number of Topliss-reactive ketones (excluding diaryl/α,β-unsaturated/α-hetero) is 1. The standard InChI is InChI=1S/C21H25F3N4O3S/c1-28-11-12-32-20(28)27-26-19(31)17(29)16(25-18(30)14-5-3-2-4-6-14)13-7-9-15(10-8-13)21(22,23)24/h7-10,14,16H,2-6,11-12H2,1H3,(H,25,30)(H,26,31)/b27-20-. The molecule has 1 saturated heterocycles. The van der Waals surface area contributed by atoms with Crippen LogP contribution < -0.4 is 10.7 Å². The lowest BCUT2D eigenvalue weighted by molar-refractivity contribution is -0.140. The van der Waals surface area contributed by atoms with Crippen molar-refractivity contribution in [1.82, 2.24) is 15.6 Å². The maximum absolute atomic E-state index is 12.9. The van der Waals surface area contributed by atoms with Crippen LogP contribution in [0.4, 0.5) is 13.2 Å². The Kier molecular flexibility index (Phi) is 7.81. The van der Waals surface area contributed by atoms with Crippen molar-refractivity contribution < 1.29 is 27.6 Å². The Labute approximate surface area is 188 Å². The van der Waals surface area contributed by atoms with E-state index in [0.29, 0.717) is 18.0 Å². The first kappa shape index (κ1) is 24.1. The van der Waals surface area contributed by atoms with Gasteiger partial charge in [0, 0.05) is 25.3 Å². The highest BCUT2D eigenvalue weighted by Crippen LogP contribution is 2.30. The number of carbonyl (C=O) groups excluding carboxylic acids is 3. The lowest BCUT2D eigenvalue weighted by Gasteiger charge is -2.24. The van der Waals surface area contributed by atoms with Crippen molar-refractivity contribution in [2.24, 2.45) is 11.0 Å². The van der Waals surface area contributed by atoms with E-state index in [1.807, 2.05) is 4.90 Å². The Morgan fingerprint density at radius 1 is 1.12 bits per heavy atom. The van der Waals surface area contributed by atoms with Crippen molar-refractivity contribution in [3.8, 4) is 0 Å². The maximum atomic E-state index is 12.9. The highest BCUT2D eigenvalue weighted by molar-refractivity contribution is 8.14. The molecule has 1 saturated carbocycles. The summed E-state index contributed by atoms with van der Waals surface area (Å²) in [5.41, 5.74) is 1.41. The molecular formula is C21H25F3N4O3S. The van der Waals surface area contributed by atoms with Crippen LogP contribution in [-0.4, -0.2) is 47.0 Å². The molecule has 1 aromatic rings. The Morgan fingerprint density at radius 2 is 1.78 bits per heavy atom. The molecule has 2 N–H and O–H groups in total. The number of amides is 2. The van der Waals surface area contributed by atoms with Crippen molar-refractivity contribution >= 4 is 34.5 Å². The number of halogens is 3. The molecule has 1 unspecified atom stereocenters. The zero-order valence-electron chi connectivity index (χ0n) is 17.6. The molecule has 11 heteroatoms. The van der Waals surface area contributed by atoms with Gasteiger partial charge in [-0.3, -0.25) is 14.4 Å². The molecule has 2 aliphatic rings. The highest BCUT2D eigenvalue weighted by atomic mass is 32.2. The maximum Gasteiger partial charge on any atom is 0.416 e. The van der Waals surface area contributed by atoms with E-state index < -0.39 is 29.5 Å². The highest BCUT2D eigenvalue weighted by Gasteiger charge is 2.34. The summed E-state index contributed by atoms with van der Waals surface area (Å²) in [6.07, 6.45) is -0.394. The van der Waals surface area contributed by atoms with Crippen LogP contribution in [-0.2, 0) is 20.6 Å². The summed E-state index contributed by atoms with van der Waals surface area (Å²) in [7, 11) is 1.79. The second-order valence-electron chi connectivity index (χ2n) is 7.87. The van der Waals surface area contributed by atoms with Gasteiger partial charge in [-0.05, 0) is 30.5 Å². The number of nitrogens with zero attached hydrogens (tertiary/aromatic N) is 2. The molecule has 1 aromatic carbocycles. The summed E-state index contributed by atoms with van der Waals surface area (Å²) in [6, 6.07) is 2.45. The molecule has 1 aliphatic carbocycles. The third kappa shape index (κ3) is 6.02. The van der Waals surface area contributed by atoms with Gasteiger partial charge < -0.3 is 10.2 Å². The van der Waals surface area contributed by atoms with Crippen molar-refractivity contribution in [3.63, 3.8) is 0 Å². The van der Waals surface area contributed by atoms with Crippen molar-refractivity contribution in [2.75, 3.05) is 19.3 Å². The van der Waals surface area contributed by atoms with Crippen LogP contribution >= 0.6 is 11.8 Å². The third-order valence-corrected chi connectivity index (χ3v) is 6.61. The number of carbonyl (C=O) groups is 3. The molecule has 32 heavy (non-hydrogen) atoms. The molecule has 174 valence electrons. The van der Waals surface area contributed by atoms with Crippen molar-refractivity contribution in [3.05, 3.63) is 35.4 Å². The van der Waals surface area contributed by atoms with Crippen LogP contribution in [0, 0.1) is 5.92 Å². The number of benzene rings is 1. The fourth-order valence-electron chi connectivity index (χ4n) is 3.67. The first-order valence-corrected chi connectivity index (χ1v) is 11.4. The van der Waals surface area contributed by atoms with Gasteiger partial charge >= 0.3 is 12.1 Å². The normalized spacial score (nSPS) is 19.6. The van der Waals surface area contributed by atoms with Crippen LogP contribution in [0.15, 0.2) is 29.4 Å². The van der Waals surface area contributed by atoms with Gasteiger partial charge in [0.2, 0.25) is 11.7 Å². The van der Waals surface area contributed by atoms with Gasteiger partial charge in [0.15, 0.2) is 5.17 Å². The molecular weight excluding hydrogens is 445 g/mol. The summed E-state index contributed by atoms with van der Waals surface area (Å²) in [5, 5.41) is 7.07. The summed E-state index contributed by atoms with van der Waals surface area (Å²) in [6.45, 7) is 0.749. The average molecular weight is 471 g/mol. The number of thioether (sulfide) groups is 1. The molecule has 0 bridgehead atoms. The number of hydrogen-bond donors (Lipinski definition) is 2. The predicted molar refractivity (Wildman–Crippen MR) is 115 cm³/mol. The van der Waals surface area contributed by atoms with E-state index >= 15 is 0 Å². The zero-order valence-corrected chi connectivity index (χ0v) is 18.4. The quantitative estimate of drug-likeness (QED) is 0.493. The second-order valence-corrected chi connectivity index (χ2v) is 8.93. The van der Waals surface area contributed by atoms with Gasteiger partial charge in [-0.15, -0.1) is 5.10 Å². The molecule has 7 nitrogen and oxygen atoms in total. The topological polar surface area (TPSA) is 90.9 Å². The lowest BCUT2D eigenvalue weighted by Crippen LogP contribution is -2.43. The number of rotatable bonds is 6. The summed E-state index contributed by atoms with van der Waals surface area (Å²) in [5.74, 6) is -1.92. The van der Waals surface area contributed by atoms with Crippen LogP contribution in [0.1, 0.15) is 49.3 Å². The van der Waals surface area contributed by atoms with Gasteiger partial charge in [0.05, 0.1) is 5.56 Å². The van der Waals surface area contributed by atoms with Gasteiger partial charge in [0.25, 0.3) is 0 Å². The summed E-state index contributed by atoms with van der Waals surface area (Å²) >= 11 is 1.42. The second kappa shape index (κ2) is 10.4. The summed E-state index contributed by atoms with van der Waals surface area (Å²) in [4.78, 5) is 39.9. The molecule has 1 atom stereocenters. The van der Waals surface area contributed by atoms with Gasteiger partial charge in [-0.2, -0.15) is 13.2 Å². The van der Waals surface area contributed by atoms with Crippen LogP contribution in [0.25, 0.3) is 0 Å². The Morgan fingerprint density at radius 3 is 2.34 bits per heavy atom. The van der Waals surface area contributed by atoms with Gasteiger partial charge in [0.1, 0.15) is 6.04 Å². The molecule has 2 fully saturated rings. The molecule has 0 radical (unpaired) electrons. The fraction of sp³-hybridized carbons (Fsp3) is 0.524. The number of alkyl halides is 3. The number of hydrogen-bond acceptors (Lipinski definition) is 5. The zero-order chi connectivity index (χ0) is 23.3. The minimum absolute atomic E-state index is 0.0994. The van der Waals surface area contributed by atoms with E-state index in [2.05, 4.69) is 15.8 Å². The Balaban J connectivity index is 1.79. The SMILES string of the molecule is CN1CCS/C1=N\NC(=O)C(=O)C(NC(=O)C1CCCCC1)c1ccc(C(F)(F)F)cc1. The van der Waals surface area contributed by atoms with Crippen molar-refractivity contribution in [2.45, 2.75) is 44.3 Å². The monoisotopic (exact) mass is 470 g/mol. The van der Waals surface area contributed by atoms with E-state index in [0.717, 1.165) is 55.8 Å². The minimum atomic E-state index is -4.54. The van der Waals surface area contributed by atoms with Gasteiger partial charge in [-0.25, -0.2) is 5.43 Å². The van der Waals surface area contributed by atoms with E-state index in [1.54, 1.807) is 7.05 Å². The van der Waals surface area contributed by atoms with E-state index in [-0.39, 0.29) is 17.4 Å². The molecule has 3 rings (SSSR count). The largest absolute Gasteiger partial charge is 0.416 e. The number of hydrazone groups is 1. The number of ketones is 1. The van der Waals surface area contributed by atoms with Gasteiger partial charge in [-0.1, -0.05) is 43.2 Å². The number of amidine groups is 1. The minimum Gasteiger partial charge on any atom is -0.352 e. The molecule has 0 spiro atoms. The molecule has 0 aromatic heterocycles. The first-order valence-electron chi connectivity index (χ1n) is 10.4. The van der Waals surface area contributed by atoms with E-state index in [9.17, 15) is 27.6 Å². The molecule has 1 heterocycles. The van der Waals surface area contributed by atoms with Crippen LogP contribution in [0.5, 0.6) is 0 Å². The smallest absolute Gasteiger partial charge is 0.352 e.